The highest BCUT2D eigenvalue weighted by Crippen LogP contribution is 2.45. The van der Waals surface area contributed by atoms with Crippen LogP contribution in [0.5, 0.6) is 0 Å². The molecule has 0 bridgehead atoms. The van der Waals surface area contributed by atoms with Crippen molar-refractivity contribution >= 4 is 40.3 Å². The number of anilines is 1. The number of furan rings is 1. The lowest BCUT2D eigenvalue weighted by molar-refractivity contribution is -0.117. The Hall–Kier alpha value is -3.68. The summed E-state index contributed by atoms with van der Waals surface area (Å²) < 4.78 is 5.62. The maximum Gasteiger partial charge on any atom is 0.294 e. The molecule has 0 radical (unpaired) electrons. The number of hydrogen-bond donors (Lipinski definition) is 1. The van der Waals surface area contributed by atoms with Crippen LogP contribution in [-0.2, 0) is 4.79 Å². The molecule has 1 aliphatic rings. The Balaban J connectivity index is 1.63. The molecule has 1 atom stereocenters. The molecule has 5 rings (SSSR count). The van der Waals surface area contributed by atoms with Gasteiger partial charge in [0.2, 0.25) is 5.78 Å². The van der Waals surface area contributed by atoms with Gasteiger partial charge in [-0.2, -0.15) is 0 Å². The number of thiazole rings is 1. The van der Waals surface area contributed by atoms with E-state index in [1.807, 2.05) is 30.3 Å². The Morgan fingerprint density at radius 2 is 1.85 bits per heavy atom. The van der Waals surface area contributed by atoms with Crippen LogP contribution in [0.1, 0.15) is 32.7 Å². The molecule has 0 spiro atoms. The van der Waals surface area contributed by atoms with Crippen LogP contribution in [0.2, 0.25) is 5.02 Å². The van der Waals surface area contributed by atoms with E-state index in [-0.39, 0.29) is 5.57 Å². The minimum atomic E-state index is -0.950. The highest BCUT2D eigenvalue weighted by atomic mass is 35.5. The molecule has 4 aromatic rings. The van der Waals surface area contributed by atoms with Crippen molar-refractivity contribution in [3.63, 3.8) is 0 Å². The van der Waals surface area contributed by atoms with Crippen LogP contribution in [0.4, 0.5) is 5.69 Å². The third-order valence-electron chi connectivity index (χ3n) is 5.79. The standard InChI is InChI=1S/C26H19ClN2O4S/c1-14-17(27)10-6-11-18(14)29-21(19-12-7-13-33-19)20(23(31)26(29)32)22(30)24-15(2)28-25(34-24)16-8-4-3-5-9-16/h3-13,21,31H,1-2H3. The van der Waals surface area contributed by atoms with Gasteiger partial charge in [-0.15, -0.1) is 11.3 Å². The first-order valence-corrected chi connectivity index (χ1v) is 11.7. The number of carbonyl (C=O) groups is 2. The summed E-state index contributed by atoms with van der Waals surface area (Å²) in [6, 6.07) is 17.1. The van der Waals surface area contributed by atoms with Crippen LogP contribution in [0, 0.1) is 13.8 Å². The van der Waals surface area contributed by atoms with E-state index in [0.29, 0.717) is 37.6 Å². The van der Waals surface area contributed by atoms with Gasteiger partial charge in [0.1, 0.15) is 16.8 Å². The molecule has 0 saturated carbocycles. The Morgan fingerprint density at radius 3 is 2.56 bits per heavy atom. The molecule has 0 fully saturated rings. The smallest absolute Gasteiger partial charge is 0.294 e. The van der Waals surface area contributed by atoms with E-state index in [0.717, 1.165) is 5.56 Å². The summed E-state index contributed by atoms with van der Waals surface area (Å²) in [7, 11) is 0. The molecule has 34 heavy (non-hydrogen) atoms. The lowest BCUT2D eigenvalue weighted by Gasteiger charge is -2.26. The number of aryl methyl sites for hydroxylation is 1. The molecule has 2 aromatic heterocycles. The Kier molecular flexibility index (Phi) is 5.59. The van der Waals surface area contributed by atoms with Gasteiger partial charge in [0, 0.05) is 16.3 Å². The van der Waals surface area contributed by atoms with E-state index in [4.69, 9.17) is 16.0 Å². The van der Waals surface area contributed by atoms with Crippen LogP contribution < -0.4 is 4.90 Å². The quantitative estimate of drug-likeness (QED) is 0.325. The number of nitrogens with zero attached hydrogens (tertiary/aromatic N) is 2. The van der Waals surface area contributed by atoms with Gasteiger partial charge in [-0.1, -0.05) is 48.0 Å². The highest BCUT2D eigenvalue weighted by Gasteiger charge is 2.47. The first-order valence-electron chi connectivity index (χ1n) is 10.5. The fourth-order valence-corrected chi connectivity index (χ4v) is 5.29. The summed E-state index contributed by atoms with van der Waals surface area (Å²) in [4.78, 5) is 33.4. The molecule has 170 valence electrons. The van der Waals surface area contributed by atoms with E-state index in [1.54, 1.807) is 44.2 Å². The first-order chi connectivity index (χ1) is 16.4. The molecular weight excluding hydrogens is 472 g/mol. The van der Waals surface area contributed by atoms with Gasteiger partial charge >= 0.3 is 0 Å². The second-order valence-electron chi connectivity index (χ2n) is 7.87. The number of Topliss-reactive ketones (excluding diaryl/α,β-unsaturated/α-hetero) is 1. The van der Waals surface area contributed by atoms with Gasteiger partial charge in [0.25, 0.3) is 5.91 Å². The summed E-state index contributed by atoms with van der Waals surface area (Å²) in [6.45, 7) is 3.52. The molecule has 2 aromatic carbocycles. The van der Waals surface area contributed by atoms with Gasteiger partial charge in [0.15, 0.2) is 5.76 Å². The third kappa shape index (κ3) is 3.54. The molecule has 1 unspecified atom stereocenters. The molecule has 1 N–H and O–H groups in total. The average Bonchev–Trinajstić information content (AvgIpc) is 3.56. The van der Waals surface area contributed by atoms with E-state index in [9.17, 15) is 14.7 Å². The van der Waals surface area contributed by atoms with Crippen LogP contribution in [-0.4, -0.2) is 21.8 Å². The van der Waals surface area contributed by atoms with Crippen LogP contribution in [0.15, 0.2) is 82.7 Å². The second kappa shape index (κ2) is 8.59. The Labute approximate surface area is 204 Å². The lowest BCUT2D eigenvalue weighted by Crippen LogP contribution is -2.31. The second-order valence-corrected chi connectivity index (χ2v) is 9.27. The normalized spacial score (nSPS) is 15.9. The van der Waals surface area contributed by atoms with Gasteiger partial charge in [-0.05, 0) is 43.7 Å². The maximum atomic E-state index is 13.8. The number of benzene rings is 2. The largest absolute Gasteiger partial charge is 0.503 e. The van der Waals surface area contributed by atoms with Crippen molar-refractivity contribution in [1.29, 1.82) is 0 Å². The number of halogens is 1. The number of rotatable bonds is 5. The van der Waals surface area contributed by atoms with Crippen molar-refractivity contribution in [2.45, 2.75) is 19.9 Å². The number of aliphatic hydroxyl groups is 1. The monoisotopic (exact) mass is 490 g/mol. The minimum absolute atomic E-state index is 0.0503. The molecule has 3 heterocycles. The molecule has 0 saturated heterocycles. The number of hydrogen-bond acceptors (Lipinski definition) is 6. The van der Waals surface area contributed by atoms with Gasteiger partial charge in [-0.25, -0.2) is 4.98 Å². The predicted molar refractivity (Wildman–Crippen MR) is 131 cm³/mol. The average molecular weight is 491 g/mol. The van der Waals surface area contributed by atoms with E-state index in [1.165, 1.54) is 22.5 Å². The van der Waals surface area contributed by atoms with Crippen molar-refractivity contribution in [2.75, 3.05) is 4.90 Å². The summed E-state index contributed by atoms with van der Waals surface area (Å²) >= 11 is 7.54. The Morgan fingerprint density at radius 1 is 1.09 bits per heavy atom. The number of aromatic nitrogens is 1. The number of aliphatic hydroxyl groups excluding tert-OH is 1. The summed E-state index contributed by atoms with van der Waals surface area (Å²) in [6.07, 6.45) is 1.46. The van der Waals surface area contributed by atoms with Crippen molar-refractivity contribution in [2.24, 2.45) is 0 Å². The van der Waals surface area contributed by atoms with Crippen LogP contribution >= 0.6 is 22.9 Å². The lowest BCUT2D eigenvalue weighted by atomic mass is 9.99. The molecule has 0 aliphatic carbocycles. The molecular formula is C26H19ClN2O4S. The van der Waals surface area contributed by atoms with Crippen molar-refractivity contribution in [1.82, 2.24) is 4.98 Å². The molecule has 8 heteroatoms. The van der Waals surface area contributed by atoms with Gasteiger partial charge < -0.3 is 9.52 Å². The predicted octanol–water partition coefficient (Wildman–Crippen LogP) is 6.46. The van der Waals surface area contributed by atoms with Crippen molar-refractivity contribution in [3.05, 3.63) is 105 Å². The van der Waals surface area contributed by atoms with Crippen LogP contribution in [0.25, 0.3) is 10.6 Å². The number of ketones is 1. The summed E-state index contributed by atoms with van der Waals surface area (Å²) in [5.41, 5.74) is 2.49. The minimum Gasteiger partial charge on any atom is -0.503 e. The van der Waals surface area contributed by atoms with Crippen molar-refractivity contribution < 1.29 is 19.1 Å². The van der Waals surface area contributed by atoms with E-state index in [2.05, 4.69) is 4.98 Å². The zero-order valence-corrected chi connectivity index (χ0v) is 19.9. The number of carbonyl (C=O) groups excluding carboxylic acids is 2. The van der Waals surface area contributed by atoms with Crippen LogP contribution in [0.3, 0.4) is 0 Å². The fourth-order valence-electron chi connectivity index (χ4n) is 4.09. The van der Waals surface area contributed by atoms with E-state index >= 15 is 0 Å². The molecule has 1 amide bonds. The summed E-state index contributed by atoms with van der Waals surface area (Å²) in [5, 5.41) is 12.1. The zero-order valence-electron chi connectivity index (χ0n) is 18.3. The molecule has 1 aliphatic heterocycles. The van der Waals surface area contributed by atoms with Gasteiger partial charge in [0.05, 0.1) is 22.4 Å². The number of amides is 1. The third-order valence-corrected chi connectivity index (χ3v) is 7.40. The zero-order chi connectivity index (χ0) is 24.0. The first kappa shape index (κ1) is 22.1. The Bertz CT molecular complexity index is 1440. The fraction of sp³-hybridized carbons (Fsp3) is 0.115. The van der Waals surface area contributed by atoms with Crippen molar-refractivity contribution in [3.8, 4) is 10.6 Å². The maximum absolute atomic E-state index is 13.8. The van der Waals surface area contributed by atoms with Gasteiger partial charge in [-0.3, -0.25) is 14.5 Å². The molecule has 6 nitrogen and oxygen atoms in total. The SMILES string of the molecule is Cc1nc(-c2ccccc2)sc1C(=O)C1=C(O)C(=O)N(c2cccc(Cl)c2C)C1c1ccco1. The highest BCUT2D eigenvalue weighted by molar-refractivity contribution is 7.17. The summed E-state index contributed by atoms with van der Waals surface area (Å²) in [5.74, 6) is -1.42. The van der Waals surface area contributed by atoms with E-state index < -0.39 is 23.5 Å². The topological polar surface area (TPSA) is 83.6 Å².